The average Bonchev–Trinajstić information content (AvgIpc) is 2.28. The van der Waals surface area contributed by atoms with Gasteiger partial charge in [-0.1, -0.05) is 0 Å². The highest BCUT2D eigenvalue weighted by Gasteiger charge is 2.43. The third kappa shape index (κ3) is 2.22. The molecule has 1 aliphatic rings. The quantitative estimate of drug-likeness (QED) is 0.424. The minimum absolute atomic E-state index is 0.652. The molecule has 1 heterocycles. The van der Waals surface area contributed by atoms with E-state index in [1.165, 1.54) is 0 Å². The van der Waals surface area contributed by atoms with Crippen molar-refractivity contribution in [2.45, 2.75) is 37.6 Å². The number of aliphatic hydroxyl groups excluding tert-OH is 4. The fourth-order valence-corrected chi connectivity index (χ4v) is 1.25. The smallest absolute Gasteiger partial charge is 0.186 e. The Morgan fingerprint density at radius 1 is 1.36 bits per heavy atom. The van der Waals surface area contributed by atoms with Crippen LogP contribution in [0, 0.1) is 0 Å². The molecular weight excluding hydrogens is 192 g/mol. The van der Waals surface area contributed by atoms with Crippen LogP contribution in [-0.4, -0.2) is 64.3 Å². The number of hydrogen-bond acceptors (Lipinski definition) is 6. The molecule has 0 saturated carbocycles. The van der Waals surface area contributed by atoms with Gasteiger partial charge in [-0.3, -0.25) is 0 Å². The average molecular weight is 212 g/mol. The predicted octanol–water partition coefficient (Wildman–Crippen LogP) is -2.18. The van der Waals surface area contributed by atoms with E-state index in [2.05, 4.69) is 4.74 Å². The second-order valence-corrected chi connectivity index (χ2v) is 2.95. The van der Waals surface area contributed by atoms with E-state index >= 15 is 0 Å². The van der Waals surface area contributed by atoms with Gasteiger partial charge in [-0.15, -0.1) is 0 Å². The van der Waals surface area contributed by atoms with Crippen molar-refractivity contribution in [3.05, 3.63) is 0 Å². The largest absolute Gasteiger partial charge is 0.394 e. The Bertz CT molecular complexity index is 273. The Balaban J connectivity index is 2.70. The lowest BCUT2D eigenvalue weighted by Crippen LogP contribution is -2.59. The van der Waals surface area contributed by atoms with Gasteiger partial charge >= 0.3 is 0 Å². The van der Waals surface area contributed by atoms with Crippen molar-refractivity contribution in [2.75, 3.05) is 13.2 Å². The Morgan fingerprint density at radius 2 is 2.07 bits per heavy atom. The molecule has 0 aliphatic carbocycles. The highest BCUT2D eigenvalue weighted by Crippen LogP contribution is 2.21. The standard InChI is InChI=1S/C8H16O6/c1-2-13-8-7(12)6(11)5(10)4(3-9)14-8/h4-12H,2-3H2,1H3/t4-,5-,6+,7-,8-/m1/s1/i1D3,2D/t2?,4-,5-,6+,7-,8-. The van der Waals surface area contributed by atoms with E-state index < -0.39 is 50.7 Å². The summed E-state index contributed by atoms with van der Waals surface area (Å²) in [5, 5.41) is 37.3. The summed E-state index contributed by atoms with van der Waals surface area (Å²) >= 11 is 0. The van der Waals surface area contributed by atoms with Crippen LogP contribution in [0.3, 0.4) is 0 Å². The van der Waals surface area contributed by atoms with Crippen molar-refractivity contribution in [1.82, 2.24) is 0 Å². The lowest BCUT2D eigenvalue weighted by Gasteiger charge is -2.39. The molecule has 1 fully saturated rings. The van der Waals surface area contributed by atoms with E-state index in [4.69, 9.17) is 15.3 Å². The normalized spacial score (nSPS) is 51.3. The maximum atomic E-state index is 9.53. The van der Waals surface area contributed by atoms with Gasteiger partial charge in [0.05, 0.1) is 7.98 Å². The van der Waals surface area contributed by atoms with Crippen LogP contribution in [0.5, 0.6) is 0 Å². The lowest BCUT2D eigenvalue weighted by atomic mass is 9.99. The van der Waals surface area contributed by atoms with Crippen LogP contribution >= 0.6 is 0 Å². The third-order valence-corrected chi connectivity index (χ3v) is 2.05. The first-order valence-corrected chi connectivity index (χ1v) is 4.06. The van der Waals surface area contributed by atoms with Crippen molar-refractivity contribution >= 4 is 0 Å². The first-order valence-electron chi connectivity index (χ1n) is 6.14. The third-order valence-electron chi connectivity index (χ3n) is 2.05. The molecule has 0 spiro atoms. The van der Waals surface area contributed by atoms with Crippen LogP contribution in [0.2, 0.25) is 0 Å². The van der Waals surface area contributed by atoms with Crippen molar-refractivity contribution < 1.29 is 35.4 Å². The monoisotopic (exact) mass is 212 g/mol. The van der Waals surface area contributed by atoms with E-state index in [0.29, 0.717) is 0 Å². The number of rotatable bonds is 3. The van der Waals surface area contributed by atoms with Gasteiger partial charge in [0.2, 0.25) is 0 Å². The van der Waals surface area contributed by atoms with Crippen molar-refractivity contribution in [1.29, 1.82) is 0 Å². The zero-order chi connectivity index (χ0) is 14.1. The Morgan fingerprint density at radius 3 is 2.64 bits per heavy atom. The van der Waals surface area contributed by atoms with Crippen LogP contribution < -0.4 is 0 Å². The van der Waals surface area contributed by atoms with E-state index in [9.17, 15) is 15.3 Å². The Labute approximate surface area is 87.3 Å². The molecule has 0 aromatic carbocycles. The highest BCUT2D eigenvalue weighted by molar-refractivity contribution is 4.88. The van der Waals surface area contributed by atoms with Gasteiger partial charge < -0.3 is 29.9 Å². The molecule has 4 N–H and O–H groups in total. The first kappa shape index (κ1) is 7.10. The molecule has 0 bridgehead atoms. The van der Waals surface area contributed by atoms with Gasteiger partial charge in [-0.05, 0) is 6.85 Å². The minimum atomic E-state index is -2.74. The summed E-state index contributed by atoms with van der Waals surface area (Å²) in [6.07, 6.45) is -7.73. The van der Waals surface area contributed by atoms with Crippen LogP contribution in [-0.2, 0) is 9.47 Å². The molecule has 0 amide bonds. The first-order chi connectivity index (χ1) is 8.18. The molecule has 6 nitrogen and oxygen atoms in total. The second-order valence-electron chi connectivity index (χ2n) is 2.95. The summed E-state index contributed by atoms with van der Waals surface area (Å²) in [5.74, 6) is 0. The minimum Gasteiger partial charge on any atom is -0.394 e. The molecule has 0 aromatic rings. The van der Waals surface area contributed by atoms with Gasteiger partial charge in [0.15, 0.2) is 6.29 Å². The van der Waals surface area contributed by atoms with Gasteiger partial charge in [0.25, 0.3) is 0 Å². The SMILES string of the molecule is [2H]C(O[C@@H]1O[C@H](CO)[C@@H](O)[C@H](O)[C@H]1O)C([2H])([2H])[2H]. The second kappa shape index (κ2) is 5.01. The van der Waals surface area contributed by atoms with Crippen molar-refractivity contribution in [3.8, 4) is 0 Å². The zero-order valence-corrected chi connectivity index (χ0v) is 7.28. The van der Waals surface area contributed by atoms with Gasteiger partial charge in [-0.25, -0.2) is 0 Å². The molecule has 1 aliphatic heterocycles. The summed E-state index contributed by atoms with van der Waals surface area (Å²) in [5.41, 5.74) is 0. The van der Waals surface area contributed by atoms with Gasteiger partial charge in [-0.2, -0.15) is 0 Å². The van der Waals surface area contributed by atoms with E-state index in [1.54, 1.807) is 0 Å². The summed E-state index contributed by atoms with van der Waals surface area (Å²) in [4.78, 5) is 0. The summed E-state index contributed by atoms with van der Waals surface area (Å²) in [6, 6.07) is 0. The molecule has 0 radical (unpaired) electrons. The maximum Gasteiger partial charge on any atom is 0.186 e. The molecule has 0 aromatic heterocycles. The number of aliphatic hydroxyl groups is 4. The molecule has 6 heteroatoms. The highest BCUT2D eigenvalue weighted by atomic mass is 16.7. The Hall–Kier alpha value is -0.240. The molecule has 6 atom stereocenters. The van der Waals surface area contributed by atoms with Crippen molar-refractivity contribution in [3.63, 3.8) is 0 Å². The summed E-state index contributed by atoms with van der Waals surface area (Å²) in [6.45, 7) is -5.36. The lowest BCUT2D eigenvalue weighted by molar-refractivity contribution is -0.300. The van der Waals surface area contributed by atoms with Gasteiger partial charge in [0, 0.05) is 10.7 Å². The van der Waals surface area contributed by atoms with Crippen LogP contribution in [0.25, 0.3) is 0 Å². The molecule has 14 heavy (non-hydrogen) atoms. The Kier molecular flexibility index (Phi) is 2.54. The molecule has 1 rings (SSSR count). The van der Waals surface area contributed by atoms with E-state index in [0.717, 1.165) is 0 Å². The van der Waals surface area contributed by atoms with Crippen LogP contribution in [0.4, 0.5) is 0 Å². The van der Waals surface area contributed by atoms with Gasteiger partial charge in [0.1, 0.15) is 24.4 Å². The van der Waals surface area contributed by atoms with E-state index in [1.807, 2.05) is 0 Å². The predicted molar refractivity (Wildman–Crippen MR) is 45.4 cm³/mol. The molecule has 84 valence electrons. The number of ether oxygens (including phenoxy) is 2. The fourth-order valence-electron chi connectivity index (χ4n) is 1.25. The van der Waals surface area contributed by atoms with E-state index in [-0.39, 0.29) is 0 Å². The van der Waals surface area contributed by atoms with Crippen LogP contribution in [0.1, 0.15) is 12.3 Å². The summed E-state index contributed by atoms with van der Waals surface area (Å²) in [7, 11) is 0. The van der Waals surface area contributed by atoms with Crippen LogP contribution in [0.15, 0.2) is 0 Å². The molecule has 1 saturated heterocycles. The molecule has 1 unspecified atom stereocenters. The number of hydrogen-bond donors (Lipinski definition) is 4. The fraction of sp³-hybridized carbons (Fsp3) is 1.00. The molecular formula is C8H16O6. The maximum absolute atomic E-state index is 9.53. The topological polar surface area (TPSA) is 99.4 Å². The summed E-state index contributed by atoms with van der Waals surface area (Å²) < 4.78 is 37.6. The zero-order valence-electron chi connectivity index (χ0n) is 11.3. The van der Waals surface area contributed by atoms with Crippen molar-refractivity contribution in [2.24, 2.45) is 0 Å².